The number of nitrogens with zero attached hydrogens (tertiary/aromatic N) is 2. The smallest absolute Gasteiger partial charge is 0.312 e. The quantitative estimate of drug-likeness (QED) is 0.481. The highest BCUT2D eigenvalue weighted by molar-refractivity contribution is 5.71. The van der Waals surface area contributed by atoms with Crippen molar-refractivity contribution in [3.8, 4) is 17.2 Å². The topological polar surface area (TPSA) is 130 Å². The van der Waals surface area contributed by atoms with Gasteiger partial charge in [0, 0.05) is 18.5 Å². The maximum atomic E-state index is 11.9. The van der Waals surface area contributed by atoms with Gasteiger partial charge in [-0.1, -0.05) is 6.42 Å². The highest BCUT2D eigenvalue weighted by Gasteiger charge is 2.18. The Hall–Kier alpha value is -3.10. The van der Waals surface area contributed by atoms with Gasteiger partial charge in [-0.05, 0) is 44.0 Å². The minimum atomic E-state index is -0.631. The van der Waals surface area contributed by atoms with Gasteiger partial charge in [-0.2, -0.15) is 0 Å². The molecule has 146 valence electrons. The number of aromatic nitrogens is 2. The first-order valence-electron chi connectivity index (χ1n) is 8.70. The lowest BCUT2D eigenvalue weighted by Gasteiger charge is -2.09. The SMILES string of the molecule is COc1ccc(-c2nnc([C@@H](C)OC(=O)CCCCCNC(N)=O)o2)cc1. The van der Waals surface area contributed by atoms with Crippen LogP contribution in [0.1, 0.15) is 44.6 Å². The molecule has 0 spiro atoms. The molecule has 0 saturated heterocycles. The van der Waals surface area contributed by atoms with Crippen LogP contribution in [-0.4, -0.2) is 35.9 Å². The van der Waals surface area contributed by atoms with Crippen LogP contribution < -0.4 is 15.8 Å². The number of rotatable bonds is 10. The molecule has 1 atom stereocenters. The summed E-state index contributed by atoms with van der Waals surface area (Å²) in [6, 6.07) is 6.65. The molecule has 1 aromatic carbocycles. The van der Waals surface area contributed by atoms with Gasteiger partial charge in [-0.15, -0.1) is 10.2 Å². The Kier molecular flexibility index (Phi) is 7.60. The molecule has 0 aliphatic rings. The van der Waals surface area contributed by atoms with Crippen LogP contribution in [0.25, 0.3) is 11.5 Å². The average Bonchev–Trinajstić information content (AvgIpc) is 3.14. The summed E-state index contributed by atoms with van der Waals surface area (Å²) in [4.78, 5) is 22.4. The second-order valence-electron chi connectivity index (χ2n) is 5.91. The molecule has 0 aliphatic carbocycles. The Morgan fingerprint density at radius 2 is 1.93 bits per heavy atom. The molecule has 2 amide bonds. The van der Waals surface area contributed by atoms with Crippen LogP contribution in [0.4, 0.5) is 4.79 Å². The Balaban J connectivity index is 1.76. The lowest BCUT2D eigenvalue weighted by atomic mass is 10.2. The number of hydrogen-bond acceptors (Lipinski definition) is 7. The molecular formula is C18H24N4O5. The molecule has 0 saturated carbocycles. The number of nitrogens with two attached hydrogens (primary N) is 1. The number of unbranched alkanes of at least 4 members (excludes halogenated alkanes) is 2. The van der Waals surface area contributed by atoms with Crippen LogP contribution in [0.3, 0.4) is 0 Å². The summed E-state index contributed by atoms with van der Waals surface area (Å²) in [6.07, 6.45) is 1.84. The number of benzene rings is 1. The van der Waals surface area contributed by atoms with E-state index in [1.54, 1.807) is 38.3 Å². The van der Waals surface area contributed by atoms with Crippen molar-refractivity contribution in [2.75, 3.05) is 13.7 Å². The standard InChI is InChI=1S/C18H24N4O5/c1-12(26-15(23)6-4-3-5-11-20-18(19)24)16-21-22-17(27-16)13-7-9-14(25-2)10-8-13/h7-10,12H,3-6,11H2,1-2H3,(H3,19,20,24)/t12-/m1/s1. The van der Waals surface area contributed by atoms with Gasteiger partial charge in [0.05, 0.1) is 7.11 Å². The summed E-state index contributed by atoms with van der Waals surface area (Å²) >= 11 is 0. The predicted molar refractivity (Wildman–Crippen MR) is 96.8 cm³/mol. The van der Waals surface area contributed by atoms with Gasteiger partial charge in [0.25, 0.3) is 5.89 Å². The molecule has 2 rings (SSSR count). The van der Waals surface area contributed by atoms with Crippen molar-refractivity contribution in [3.63, 3.8) is 0 Å². The van der Waals surface area contributed by atoms with E-state index in [1.807, 2.05) is 0 Å². The van der Waals surface area contributed by atoms with E-state index < -0.39 is 12.1 Å². The van der Waals surface area contributed by atoms with Crippen LogP contribution >= 0.6 is 0 Å². The molecule has 0 aliphatic heterocycles. The molecule has 3 N–H and O–H groups in total. The molecule has 9 nitrogen and oxygen atoms in total. The van der Waals surface area contributed by atoms with Crippen LogP contribution in [0.15, 0.2) is 28.7 Å². The van der Waals surface area contributed by atoms with Crippen molar-refractivity contribution >= 4 is 12.0 Å². The summed E-state index contributed by atoms with van der Waals surface area (Å²) in [5, 5.41) is 10.4. The minimum absolute atomic E-state index is 0.236. The average molecular weight is 376 g/mol. The Labute approximate surface area is 157 Å². The number of esters is 1. The van der Waals surface area contributed by atoms with Crippen molar-refractivity contribution in [2.45, 2.75) is 38.7 Å². The van der Waals surface area contributed by atoms with Gasteiger partial charge in [-0.3, -0.25) is 4.79 Å². The van der Waals surface area contributed by atoms with E-state index >= 15 is 0 Å². The molecule has 9 heteroatoms. The normalized spacial score (nSPS) is 11.6. The number of hydrogen-bond donors (Lipinski definition) is 2. The third-order valence-corrected chi connectivity index (χ3v) is 3.79. The highest BCUT2D eigenvalue weighted by atomic mass is 16.6. The van der Waals surface area contributed by atoms with Crippen molar-refractivity contribution in [2.24, 2.45) is 5.73 Å². The van der Waals surface area contributed by atoms with E-state index in [4.69, 9.17) is 19.6 Å². The zero-order chi connectivity index (χ0) is 19.6. The van der Waals surface area contributed by atoms with Crippen molar-refractivity contribution in [3.05, 3.63) is 30.2 Å². The molecule has 0 radical (unpaired) electrons. The number of carbonyl (C=O) groups is 2. The number of carbonyl (C=O) groups excluding carboxylic acids is 2. The second-order valence-corrected chi connectivity index (χ2v) is 5.91. The summed E-state index contributed by atoms with van der Waals surface area (Å²) < 4.78 is 16.0. The lowest BCUT2D eigenvalue weighted by molar-refractivity contribution is -0.149. The predicted octanol–water partition coefficient (Wildman–Crippen LogP) is 2.58. The zero-order valence-corrected chi connectivity index (χ0v) is 15.4. The lowest BCUT2D eigenvalue weighted by Crippen LogP contribution is -2.29. The number of primary amides is 1. The Morgan fingerprint density at radius 3 is 2.59 bits per heavy atom. The first kappa shape index (κ1) is 20.2. The molecule has 2 aromatic rings. The number of amides is 2. The first-order valence-corrected chi connectivity index (χ1v) is 8.70. The number of nitrogens with one attached hydrogen (secondary N) is 1. The molecule has 0 unspecified atom stereocenters. The largest absolute Gasteiger partial charge is 0.497 e. The molecule has 1 aromatic heterocycles. The fourth-order valence-electron chi connectivity index (χ4n) is 2.34. The summed E-state index contributed by atoms with van der Waals surface area (Å²) in [5.41, 5.74) is 5.72. The van der Waals surface area contributed by atoms with Gasteiger partial charge in [0.1, 0.15) is 5.75 Å². The Morgan fingerprint density at radius 1 is 1.19 bits per heavy atom. The monoisotopic (exact) mass is 376 g/mol. The van der Waals surface area contributed by atoms with Crippen LogP contribution in [0.5, 0.6) is 5.75 Å². The number of ether oxygens (including phenoxy) is 2. The number of urea groups is 1. The van der Waals surface area contributed by atoms with Gasteiger partial charge in [0.2, 0.25) is 5.89 Å². The fraction of sp³-hybridized carbons (Fsp3) is 0.444. The summed E-state index contributed by atoms with van der Waals surface area (Å²) in [5.74, 6) is 0.970. The van der Waals surface area contributed by atoms with Gasteiger partial charge in [-0.25, -0.2) is 4.79 Å². The van der Waals surface area contributed by atoms with E-state index in [2.05, 4.69) is 15.5 Å². The molecule has 0 bridgehead atoms. The molecule has 27 heavy (non-hydrogen) atoms. The van der Waals surface area contributed by atoms with Crippen molar-refractivity contribution in [1.82, 2.24) is 15.5 Å². The molecule has 1 heterocycles. The van der Waals surface area contributed by atoms with Gasteiger partial charge < -0.3 is 24.9 Å². The third-order valence-electron chi connectivity index (χ3n) is 3.79. The summed E-state index contributed by atoms with van der Waals surface area (Å²) in [7, 11) is 1.59. The van der Waals surface area contributed by atoms with E-state index in [9.17, 15) is 9.59 Å². The van der Waals surface area contributed by atoms with Crippen molar-refractivity contribution in [1.29, 1.82) is 0 Å². The van der Waals surface area contributed by atoms with Crippen LogP contribution in [-0.2, 0) is 9.53 Å². The van der Waals surface area contributed by atoms with Gasteiger partial charge >= 0.3 is 12.0 Å². The molecule has 0 fully saturated rings. The Bertz CT molecular complexity index is 744. The second kappa shape index (κ2) is 10.1. The number of methoxy groups -OCH3 is 1. The third kappa shape index (κ3) is 6.61. The van der Waals surface area contributed by atoms with E-state index in [-0.39, 0.29) is 18.3 Å². The van der Waals surface area contributed by atoms with Crippen molar-refractivity contribution < 1.29 is 23.5 Å². The zero-order valence-electron chi connectivity index (χ0n) is 15.4. The maximum absolute atomic E-state index is 11.9. The minimum Gasteiger partial charge on any atom is -0.497 e. The highest BCUT2D eigenvalue weighted by Crippen LogP contribution is 2.24. The van der Waals surface area contributed by atoms with Crippen LogP contribution in [0, 0.1) is 0 Å². The molecular weight excluding hydrogens is 352 g/mol. The maximum Gasteiger partial charge on any atom is 0.312 e. The van der Waals surface area contributed by atoms with E-state index in [0.717, 1.165) is 24.2 Å². The van der Waals surface area contributed by atoms with Crippen LogP contribution in [0.2, 0.25) is 0 Å². The fourth-order valence-corrected chi connectivity index (χ4v) is 2.34. The first-order chi connectivity index (χ1) is 13.0. The van der Waals surface area contributed by atoms with E-state index in [0.29, 0.717) is 18.9 Å². The van der Waals surface area contributed by atoms with Gasteiger partial charge in [0.15, 0.2) is 6.10 Å². The summed E-state index contributed by atoms with van der Waals surface area (Å²) in [6.45, 7) is 2.18. The van der Waals surface area contributed by atoms with E-state index in [1.165, 1.54) is 0 Å².